The summed E-state index contributed by atoms with van der Waals surface area (Å²) in [6.45, 7) is 2.58. The van der Waals surface area contributed by atoms with Crippen LogP contribution in [-0.2, 0) is 13.2 Å². The van der Waals surface area contributed by atoms with E-state index in [1.54, 1.807) is 6.20 Å². The molecule has 1 aromatic carbocycles. The van der Waals surface area contributed by atoms with E-state index in [1.807, 2.05) is 35.9 Å². The van der Waals surface area contributed by atoms with Gasteiger partial charge in [0.15, 0.2) is 0 Å². The Kier molecular flexibility index (Phi) is 3.27. The van der Waals surface area contributed by atoms with E-state index < -0.39 is 0 Å². The van der Waals surface area contributed by atoms with Crippen LogP contribution in [0.2, 0.25) is 5.02 Å². The van der Waals surface area contributed by atoms with Gasteiger partial charge in [-0.3, -0.25) is 0 Å². The molecule has 2 rings (SSSR count). The maximum absolute atomic E-state index is 9.08. The molecular formula is C12H13ClN2O. The van der Waals surface area contributed by atoms with Crippen LogP contribution in [0.15, 0.2) is 30.6 Å². The van der Waals surface area contributed by atoms with Gasteiger partial charge in [0.25, 0.3) is 0 Å². The molecule has 0 bridgehead atoms. The molecule has 0 saturated heterocycles. The molecule has 16 heavy (non-hydrogen) atoms. The van der Waals surface area contributed by atoms with Crippen molar-refractivity contribution in [2.24, 2.45) is 0 Å². The van der Waals surface area contributed by atoms with Crippen LogP contribution in [0.3, 0.4) is 0 Å². The van der Waals surface area contributed by atoms with Crippen molar-refractivity contribution in [1.82, 2.24) is 9.55 Å². The van der Waals surface area contributed by atoms with E-state index in [4.69, 9.17) is 16.7 Å². The topological polar surface area (TPSA) is 38.0 Å². The number of aromatic nitrogens is 2. The van der Waals surface area contributed by atoms with Gasteiger partial charge >= 0.3 is 0 Å². The number of halogens is 1. The lowest BCUT2D eigenvalue weighted by Crippen LogP contribution is -2.04. The highest BCUT2D eigenvalue weighted by Crippen LogP contribution is 2.19. The van der Waals surface area contributed by atoms with Gasteiger partial charge in [0.1, 0.15) is 12.4 Å². The number of hydrogen-bond acceptors (Lipinski definition) is 2. The van der Waals surface area contributed by atoms with Crippen LogP contribution in [0.25, 0.3) is 0 Å². The average Bonchev–Trinajstić information content (AvgIpc) is 2.69. The lowest BCUT2D eigenvalue weighted by molar-refractivity contribution is 0.266. The van der Waals surface area contributed by atoms with Crippen LogP contribution in [0.4, 0.5) is 0 Å². The van der Waals surface area contributed by atoms with E-state index in [2.05, 4.69) is 4.98 Å². The van der Waals surface area contributed by atoms with Crippen LogP contribution in [-0.4, -0.2) is 14.7 Å². The maximum Gasteiger partial charge on any atom is 0.134 e. The van der Waals surface area contributed by atoms with Gasteiger partial charge in [0, 0.05) is 17.4 Å². The fraction of sp³-hybridized carbons (Fsp3) is 0.250. The Bertz CT molecular complexity index is 494. The Morgan fingerprint density at radius 3 is 2.94 bits per heavy atom. The van der Waals surface area contributed by atoms with Crippen LogP contribution in [0.1, 0.15) is 17.0 Å². The summed E-state index contributed by atoms with van der Waals surface area (Å²) < 4.78 is 1.89. The lowest BCUT2D eigenvalue weighted by atomic mass is 10.1. The molecule has 0 spiro atoms. The summed E-state index contributed by atoms with van der Waals surface area (Å²) in [7, 11) is 0. The van der Waals surface area contributed by atoms with Crippen molar-refractivity contribution in [2.45, 2.75) is 20.1 Å². The number of rotatable bonds is 3. The van der Waals surface area contributed by atoms with Crippen LogP contribution in [0, 0.1) is 6.92 Å². The van der Waals surface area contributed by atoms with E-state index in [-0.39, 0.29) is 6.61 Å². The summed E-state index contributed by atoms with van der Waals surface area (Å²) in [4.78, 5) is 4.05. The Labute approximate surface area is 99.3 Å². The summed E-state index contributed by atoms with van der Waals surface area (Å²) in [5.74, 6) is 0.650. The molecule has 1 heterocycles. The number of benzene rings is 1. The second kappa shape index (κ2) is 4.68. The second-order valence-corrected chi connectivity index (χ2v) is 4.13. The third-order valence-electron chi connectivity index (χ3n) is 2.49. The lowest BCUT2D eigenvalue weighted by Gasteiger charge is -2.08. The zero-order valence-electron chi connectivity index (χ0n) is 9.02. The quantitative estimate of drug-likeness (QED) is 0.889. The van der Waals surface area contributed by atoms with Gasteiger partial charge in [-0.15, -0.1) is 0 Å². The highest BCUT2D eigenvalue weighted by Gasteiger charge is 2.05. The smallest absolute Gasteiger partial charge is 0.134 e. The normalized spacial score (nSPS) is 10.7. The molecule has 3 nitrogen and oxygen atoms in total. The predicted octanol–water partition coefficient (Wildman–Crippen LogP) is 2.39. The molecule has 1 aromatic heterocycles. The Balaban J connectivity index is 2.27. The molecule has 0 aliphatic carbocycles. The van der Waals surface area contributed by atoms with E-state index in [1.165, 1.54) is 0 Å². The zero-order chi connectivity index (χ0) is 11.5. The van der Waals surface area contributed by atoms with E-state index in [0.29, 0.717) is 12.4 Å². The molecule has 1 N–H and O–H groups in total. The highest BCUT2D eigenvalue weighted by atomic mass is 35.5. The average molecular weight is 237 g/mol. The second-order valence-electron chi connectivity index (χ2n) is 3.72. The van der Waals surface area contributed by atoms with Crippen molar-refractivity contribution in [2.75, 3.05) is 0 Å². The Morgan fingerprint density at radius 1 is 1.44 bits per heavy atom. The zero-order valence-corrected chi connectivity index (χ0v) is 9.78. The molecule has 0 radical (unpaired) electrons. The highest BCUT2D eigenvalue weighted by molar-refractivity contribution is 6.31. The molecule has 4 heteroatoms. The van der Waals surface area contributed by atoms with E-state index >= 15 is 0 Å². The molecule has 0 unspecified atom stereocenters. The van der Waals surface area contributed by atoms with Gasteiger partial charge in [-0.05, 0) is 24.1 Å². The van der Waals surface area contributed by atoms with Crippen molar-refractivity contribution < 1.29 is 5.11 Å². The summed E-state index contributed by atoms with van der Waals surface area (Å²) >= 11 is 6.15. The monoisotopic (exact) mass is 236 g/mol. The summed E-state index contributed by atoms with van der Waals surface area (Å²) in [5, 5.41) is 9.83. The van der Waals surface area contributed by atoms with Crippen LogP contribution in [0.5, 0.6) is 0 Å². The Hall–Kier alpha value is -1.32. The fourth-order valence-electron chi connectivity index (χ4n) is 1.60. The molecule has 0 saturated carbocycles. The van der Waals surface area contributed by atoms with Crippen molar-refractivity contribution in [3.05, 3.63) is 52.6 Å². The van der Waals surface area contributed by atoms with Crippen LogP contribution >= 0.6 is 11.6 Å². The molecule has 0 amide bonds. The van der Waals surface area contributed by atoms with Gasteiger partial charge < -0.3 is 9.67 Å². The summed E-state index contributed by atoms with van der Waals surface area (Å²) in [6.07, 6.45) is 3.51. The first-order valence-corrected chi connectivity index (χ1v) is 5.44. The number of hydrogen-bond donors (Lipinski definition) is 1. The van der Waals surface area contributed by atoms with Gasteiger partial charge in [0.05, 0.1) is 6.54 Å². The number of imidazole rings is 1. The van der Waals surface area contributed by atoms with E-state index in [9.17, 15) is 0 Å². The minimum absolute atomic E-state index is 0.0590. The molecule has 0 atom stereocenters. The maximum atomic E-state index is 9.08. The molecule has 0 aliphatic heterocycles. The summed E-state index contributed by atoms with van der Waals surface area (Å²) in [6, 6.07) is 5.96. The first-order chi connectivity index (χ1) is 7.70. The number of nitrogens with zero attached hydrogens (tertiary/aromatic N) is 2. The van der Waals surface area contributed by atoms with Crippen LogP contribution < -0.4 is 0 Å². The first kappa shape index (κ1) is 11.2. The van der Waals surface area contributed by atoms with E-state index in [0.717, 1.165) is 16.1 Å². The fourth-order valence-corrected chi connectivity index (χ4v) is 1.89. The van der Waals surface area contributed by atoms with Gasteiger partial charge in [0.2, 0.25) is 0 Å². The number of aryl methyl sites for hydroxylation is 1. The van der Waals surface area contributed by atoms with Crippen molar-refractivity contribution in [3.8, 4) is 0 Å². The number of aliphatic hydroxyl groups excluding tert-OH is 1. The van der Waals surface area contributed by atoms with Crippen molar-refractivity contribution >= 4 is 11.6 Å². The summed E-state index contributed by atoms with van der Waals surface area (Å²) in [5.41, 5.74) is 2.17. The molecule has 84 valence electrons. The van der Waals surface area contributed by atoms with Crippen molar-refractivity contribution in [1.29, 1.82) is 0 Å². The molecular weight excluding hydrogens is 224 g/mol. The largest absolute Gasteiger partial charge is 0.388 e. The molecule has 0 aliphatic rings. The minimum atomic E-state index is -0.0590. The van der Waals surface area contributed by atoms with Gasteiger partial charge in [-0.1, -0.05) is 23.7 Å². The minimum Gasteiger partial charge on any atom is -0.388 e. The van der Waals surface area contributed by atoms with Gasteiger partial charge in [-0.2, -0.15) is 0 Å². The third-order valence-corrected chi connectivity index (χ3v) is 2.84. The SMILES string of the molecule is Cc1ccc(Cn2ccnc2CO)c(Cl)c1. The first-order valence-electron chi connectivity index (χ1n) is 5.06. The Morgan fingerprint density at radius 2 is 2.25 bits per heavy atom. The number of aliphatic hydroxyl groups is 1. The third kappa shape index (κ3) is 2.26. The van der Waals surface area contributed by atoms with Crippen molar-refractivity contribution in [3.63, 3.8) is 0 Å². The van der Waals surface area contributed by atoms with Gasteiger partial charge in [-0.25, -0.2) is 4.98 Å². The molecule has 0 fully saturated rings. The standard InChI is InChI=1S/C12H13ClN2O/c1-9-2-3-10(11(13)6-9)7-15-5-4-14-12(15)8-16/h2-6,16H,7-8H2,1H3. The predicted molar refractivity (Wildman–Crippen MR) is 63.4 cm³/mol. The molecule has 2 aromatic rings.